The van der Waals surface area contributed by atoms with Gasteiger partial charge in [-0.2, -0.15) is 11.8 Å². The van der Waals surface area contributed by atoms with Crippen LogP contribution in [0, 0.1) is 5.41 Å². The van der Waals surface area contributed by atoms with E-state index in [-0.39, 0.29) is 5.41 Å². The maximum absolute atomic E-state index is 12.0. The van der Waals surface area contributed by atoms with E-state index in [1.807, 2.05) is 11.9 Å². The van der Waals surface area contributed by atoms with Crippen LogP contribution in [0.5, 0.6) is 0 Å². The molecule has 3 aliphatic rings. The second kappa shape index (κ2) is 2.44. The quantitative estimate of drug-likeness (QED) is 0.586. The van der Waals surface area contributed by atoms with E-state index >= 15 is 0 Å². The van der Waals surface area contributed by atoms with Crippen LogP contribution in [0.1, 0.15) is 25.7 Å². The fraction of sp³-hybridized carbons (Fsp3) is 0.900. The first-order valence-corrected chi connectivity index (χ1v) is 6.08. The monoisotopic (exact) mass is 197 g/mol. The molecule has 3 atom stereocenters. The third-order valence-electron chi connectivity index (χ3n) is 3.98. The van der Waals surface area contributed by atoms with Crippen LogP contribution < -0.4 is 0 Å². The van der Waals surface area contributed by atoms with E-state index < -0.39 is 0 Å². The molecule has 72 valence electrons. The van der Waals surface area contributed by atoms with Crippen LogP contribution in [-0.2, 0) is 4.79 Å². The van der Waals surface area contributed by atoms with Crippen LogP contribution in [0.25, 0.3) is 0 Å². The van der Waals surface area contributed by atoms with E-state index in [0.717, 1.165) is 18.2 Å². The molecule has 1 spiro atoms. The first kappa shape index (κ1) is 8.16. The van der Waals surface area contributed by atoms with Crippen molar-refractivity contribution in [3.8, 4) is 0 Å². The summed E-state index contributed by atoms with van der Waals surface area (Å²) < 4.78 is 0. The van der Waals surface area contributed by atoms with Gasteiger partial charge in [0.1, 0.15) is 0 Å². The SMILES string of the molecule is CN1CCC2(CC3CCC2S3)C1=O. The first-order valence-electron chi connectivity index (χ1n) is 5.13. The fourth-order valence-corrected chi connectivity index (χ4v) is 5.22. The maximum Gasteiger partial charge on any atom is 0.229 e. The van der Waals surface area contributed by atoms with Crippen molar-refractivity contribution in [3.05, 3.63) is 0 Å². The molecule has 3 fully saturated rings. The van der Waals surface area contributed by atoms with Crippen molar-refractivity contribution in [2.45, 2.75) is 36.2 Å². The minimum absolute atomic E-state index is 0.0856. The van der Waals surface area contributed by atoms with Crippen molar-refractivity contribution in [3.63, 3.8) is 0 Å². The smallest absolute Gasteiger partial charge is 0.229 e. The number of likely N-dealkylation sites (tertiary alicyclic amines) is 1. The topological polar surface area (TPSA) is 20.3 Å². The summed E-state index contributed by atoms with van der Waals surface area (Å²) in [7, 11) is 1.95. The fourth-order valence-electron chi connectivity index (χ4n) is 3.24. The summed E-state index contributed by atoms with van der Waals surface area (Å²) in [6, 6.07) is 0. The molecule has 0 saturated carbocycles. The Morgan fingerprint density at radius 2 is 2.38 bits per heavy atom. The normalized spacial score (nSPS) is 48.4. The van der Waals surface area contributed by atoms with Crippen LogP contribution in [0.2, 0.25) is 0 Å². The Labute approximate surface area is 83.1 Å². The number of hydrogen-bond acceptors (Lipinski definition) is 2. The third-order valence-corrected chi connectivity index (χ3v) is 5.78. The predicted octanol–water partition coefficient (Wildman–Crippen LogP) is 1.50. The van der Waals surface area contributed by atoms with Gasteiger partial charge in [0.2, 0.25) is 5.91 Å². The van der Waals surface area contributed by atoms with E-state index in [1.165, 1.54) is 19.3 Å². The van der Waals surface area contributed by atoms with Crippen molar-refractivity contribution in [1.29, 1.82) is 0 Å². The molecule has 0 aromatic heterocycles. The minimum atomic E-state index is 0.0856. The Kier molecular flexibility index (Phi) is 1.53. The van der Waals surface area contributed by atoms with Gasteiger partial charge in [0, 0.05) is 24.1 Å². The highest BCUT2D eigenvalue weighted by molar-refractivity contribution is 8.01. The van der Waals surface area contributed by atoms with Gasteiger partial charge in [0.25, 0.3) is 0 Å². The number of thioether (sulfide) groups is 1. The molecule has 3 aliphatic heterocycles. The molecule has 3 heteroatoms. The summed E-state index contributed by atoms with van der Waals surface area (Å²) in [6.07, 6.45) is 4.94. The molecular weight excluding hydrogens is 182 g/mol. The van der Waals surface area contributed by atoms with Crippen molar-refractivity contribution < 1.29 is 4.79 Å². The highest BCUT2D eigenvalue weighted by Gasteiger charge is 2.59. The Morgan fingerprint density at radius 1 is 1.54 bits per heavy atom. The summed E-state index contributed by atoms with van der Waals surface area (Å²) in [4.78, 5) is 14.0. The molecule has 0 N–H and O–H groups in total. The lowest BCUT2D eigenvalue weighted by atomic mass is 9.73. The lowest BCUT2D eigenvalue weighted by Crippen LogP contribution is -2.39. The maximum atomic E-state index is 12.0. The zero-order chi connectivity index (χ0) is 9.05. The minimum Gasteiger partial charge on any atom is -0.345 e. The predicted molar refractivity (Wildman–Crippen MR) is 53.7 cm³/mol. The number of carbonyl (C=O) groups is 1. The molecular formula is C10H15NOS. The molecule has 2 bridgehead atoms. The van der Waals surface area contributed by atoms with E-state index in [0.29, 0.717) is 11.2 Å². The second-order valence-electron chi connectivity index (χ2n) is 4.66. The molecule has 0 aromatic carbocycles. The summed E-state index contributed by atoms with van der Waals surface area (Å²) in [5.74, 6) is 0.437. The number of fused-ring (bicyclic) bond motifs is 3. The highest BCUT2D eigenvalue weighted by Crippen LogP contribution is 2.60. The molecule has 0 aliphatic carbocycles. The van der Waals surface area contributed by atoms with Gasteiger partial charge in [-0.3, -0.25) is 4.79 Å². The largest absolute Gasteiger partial charge is 0.345 e. The average Bonchev–Trinajstić information content (AvgIpc) is 2.77. The van der Waals surface area contributed by atoms with Crippen molar-refractivity contribution >= 4 is 17.7 Å². The molecule has 0 radical (unpaired) electrons. The van der Waals surface area contributed by atoms with E-state index in [1.54, 1.807) is 0 Å². The Morgan fingerprint density at radius 3 is 2.85 bits per heavy atom. The molecule has 13 heavy (non-hydrogen) atoms. The Bertz CT molecular complexity index is 268. The summed E-state index contributed by atoms with van der Waals surface area (Å²) >= 11 is 2.09. The van der Waals surface area contributed by atoms with Gasteiger partial charge in [-0.25, -0.2) is 0 Å². The lowest BCUT2D eigenvalue weighted by molar-refractivity contribution is -0.135. The van der Waals surface area contributed by atoms with Crippen molar-refractivity contribution in [2.24, 2.45) is 5.41 Å². The van der Waals surface area contributed by atoms with Crippen LogP contribution >= 0.6 is 11.8 Å². The second-order valence-corrected chi connectivity index (χ2v) is 6.17. The first-order chi connectivity index (χ1) is 6.22. The number of amides is 1. The number of rotatable bonds is 0. The van der Waals surface area contributed by atoms with Crippen molar-refractivity contribution in [2.75, 3.05) is 13.6 Å². The molecule has 2 nitrogen and oxygen atoms in total. The Balaban J connectivity index is 1.94. The van der Waals surface area contributed by atoms with Crippen LogP contribution in [-0.4, -0.2) is 34.9 Å². The number of carbonyl (C=O) groups excluding carboxylic acids is 1. The van der Waals surface area contributed by atoms with Crippen LogP contribution in [0.3, 0.4) is 0 Å². The van der Waals surface area contributed by atoms with Gasteiger partial charge in [-0.15, -0.1) is 0 Å². The number of hydrogen-bond donors (Lipinski definition) is 0. The number of nitrogens with zero attached hydrogens (tertiary/aromatic N) is 1. The zero-order valence-electron chi connectivity index (χ0n) is 7.95. The molecule has 0 aromatic rings. The van der Waals surface area contributed by atoms with Crippen molar-refractivity contribution in [1.82, 2.24) is 4.90 Å². The molecule has 1 amide bonds. The van der Waals surface area contributed by atoms with Crippen LogP contribution in [0.4, 0.5) is 0 Å². The highest BCUT2D eigenvalue weighted by atomic mass is 32.2. The van der Waals surface area contributed by atoms with Gasteiger partial charge < -0.3 is 4.90 Å². The van der Waals surface area contributed by atoms with Gasteiger partial charge in [0.15, 0.2) is 0 Å². The average molecular weight is 197 g/mol. The summed E-state index contributed by atoms with van der Waals surface area (Å²) in [6.45, 7) is 0.989. The lowest BCUT2D eigenvalue weighted by Gasteiger charge is -2.29. The molecule has 3 unspecified atom stereocenters. The van der Waals surface area contributed by atoms with Gasteiger partial charge in [-0.1, -0.05) is 0 Å². The molecule has 3 saturated heterocycles. The van der Waals surface area contributed by atoms with Gasteiger partial charge >= 0.3 is 0 Å². The van der Waals surface area contributed by atoms with Crippen LogP contribution in [0.15, 0.2) is 0 Å². The summed E-state index contributed by atoms with van der Waals surface area (Å²) in [5, 5.41) is 1.47. The summed E-state index contributed by atoms with van der Waals surface area (Å²) in [5.41, 5.74) is 0.0856. The van der Waals surface area contributed by atoms with E-state index in [4.69, 9.17) is 0 Å². The Hall–Kier alpha value is -0.180. The van der Waals surface area contributed by atoms with E-state index in [2.05, 4.69) is 11.8 Å². The van der Waals surface area contributed by atoms with E-state index in [9.17, 15) is 4.79 Å². The zero-order valence-corrected chi connectivity index (χ0v) is 8.77. The van der Waals surface area contributed by atoms with Gasteiger partial charge in [-0.05, 0) is 25.7 Å². The third kappa shape index (κ3) is 0.888. The molecule has 3 rings (SSSR count). The van der Waals surface area contributed by atoms with Gasteiger partial charge in [0.05, 0.1) is 5.41 Å². The molecule has 3 heterocycles. The standard InChI is InChI=1S/C10H15NOS/c1-11-5-4-10(9(11)12)6-7-2-3-8(10)13-7/h7-8H,2-6H2,1H3.